The maximum atomic E-state index is 2.24. The van der Waals surface area contributed by atoms with Gasteiger partial charge in [0.25, 0.3) is 0 Å². The second-order valence-corrected chi connectivity index (χ2v) is 2.91. The molecule has 0 nitrogen and oxygen atoms in total. The van der Waals surface area contributed by atoms with Crippen molar-refractivity contribution in [3.8, 4) is 0 Å². The molecule has 1 radical (unpaired) electrons. The van der Waals surface area contributed by atoms with E-state index in [1.165, 1.54) is 6.42 Å². The number of hydrogen-bond donors (Lipinski definition) is 0. The number of hydrogen-bond acceptors (Lipinski definition) is 0. The van der Waals surface area contributed by atoms with Crippen LogP contribution >= 0.6 is 0 Å². The van der Waals surface area contributed by atoms with E-state index in [9.17, 15) is 0 Å². The van der Waals surface area contributed by atoms with Gasteiger partial charge in [0, 0.05) is 18.6 Å². The Balaban J connectivity index is 0. The van der Waals surface area contributed by atoms with Crippen LogP contribution < -0.4 is 0 Å². The molecule has 0 aromatic carbocycles. The van der Waals surface area contributed by atoms with Gasteiger partial charge in [-0.1, -0.05) is 34.1 Å². The maximum absolute atomic E-state index is 2.24. The predicted molar refractivity (Wildman–Crippen MR) is 29.7 cm³/mol. The summed E-state index contributed by atoms with van der Waals surface area (Å²) in [5, 5.41) is 0. The Morgan fingerprint density at radius 2 is 1.29 bits per heavy atom. The Kier molecular flexibility index (Phi) is 5.38. The minimum Gasteiger partial charge on any atom is -0.0649 e. The monoisotopic (exact) mass is 137 g/mol. The van der Waals surface area contributed by atoms with E-state index in [4.69, 9.17) is 0 Å². The maximum Gasteiger partial charge on any atom is 0 e. The molecule has 0 amide bonds. The summed E-state index contributed by atoms with van der Waals surface area (Å²) in [7, 11) is 0. The van der Waals surface area contributed by atoms with Crippen LogP contribution in [0, 0.1) is 5.41 Å². The van der Waals surface area contributed by atoms with Crippen LogP contribution in [0.5, 0.6) is 0 Å². The molecule has 0 atom stereocenters. The van der Waals surface area contributed by atoms with Gasteiger partial charge < -0.3 is 0 Å². The summed E-state index contributed by atoms with van der Waals surface area (Å²) in [6.45, 7) is 8.94. The molecule has 0 aliphatic rings. The van der Waals surface area contributed by atoms with Crippen LogP contribution in [0.4, 0.5) is 0 Å². The van der Waals surface area contributed by atoms with Crippen LogP contribution in [0.2, 0.25) is 0 Å². The fourth-order valence-corrected chi connectivity index (χ4v) is 0. The van der Waals surface area contributed by atoms with E-state index in [0.29, 0.717) is 5.41 Å². The SMILES string of the molecule is CCC(C)(C)C.[V]. The zero-order chi connectivity index (χ0) is 5.21. The molecule has 0 fully saturated rings. The van der Waals surface area contributed by atoms with E-state index in [1.807, 2.05) is 0 Å². The van der Waals surface area contributed by atoms with Gasteiger partial charge in [-0.3, -0.25) is 0 Å². The standard InChI is InChI=1S/C6H14.V/c1-5-6(2,3)4;/h5H2,1-4H3;. The average Bonchev–Trinajstić information content (AvgIpc) is 1.35. The van der Waals surface area contributed by atoms with E-state index in [2.05, 4.69) is 27.7 Å². The molecule has 43 valence electrons. The van der Waals surface area contributed by atoms with Crippen LogP contribution in [0.25, 0.3) is 0 Å². The third-order valence-electron chi connectivity index (χ3n) is 1.06. The largest absolute Gasteiger partial charge is 0.0649 e. The molecule has 0 aliphatic carbocycles. The second kappa shape index (κ2) is 3.57. The summed E-state index contributed by atoms with van der Waals surface area (Å²) >= 11 is 0. The minimum atomic E-state index is 0. The van der Waals surface area contributed by atoms with Gasteiger partial charge in [0.2, 0.25) is 0 Å². The molecule has 1 heteroatoms. The van der Waals surface area contributed by atoms with Gasteiger partial charge >= 0.3 is 0 Å². The van der Waals surface area contributed by atoms with Gasteiger partial charge in [-0.15, -0.1) is 0 Å². The number of rotatable bonds is 0. The molecule has 0 heterocycles. The van der Waals surface area contributed by atoms with Crippen molar-refractivity contribution in [2.24, 2.45) is 5.41 Å². The fourth-order valence-electron chi connectivity index (χ4n) is 0. The molecule has 0 saturated carbocycles. The molecule has 0 unspecified atom stereocenters. The first kappa shape index (κ1) is 10.5. The van der Waals surface area contributed by atoms with Gasteiger partial charge in [-0.2, -0.15) is 0 Å². The van der Waals surface area contributed by atoms with Crippen molar-refractivity contribution in [2.45, 2.75) is 34.1 Å². The quantitative estimate of drug-likeness (QED) is 0.481. The third kappa shape index (κ3) is 10.8. The fraction of sp³-hybridized carbons (Fsp3) is 1.00. The summed E-state index contributed by atoms with van der Waals surface area (Å²) in [5.41, 5.74) is 0.542. The van der Waals surface area contributed by atoms with Gasteiger partial charge in [0.05, 0.1) is 0 Å². The van der Waals surface area contributed by atoms with Crippen molar-refractivity contribution in [1.29, 1.82) is 0 Å². The van der Waals surface area contributed by atoms with Gasteiger partial charge in [-0.05, 0) is 5.41 Å². The van der Waals surface area contributed by atoms with Crippen molar-refractivity contribution >= 4 is 0 Å². The van der Waals surface area contributed by atoms with Crippen molar-refractivity contribution in [3.63, 3.8) is 0 Å². The molecular formula is C6H14V. The van der Waals surface area contributed by atoms with Gasteiger partial charge in [0.15, 0.2) is 0 Å². The third-order valence-corrected chi connectivity index (χ3v) is 1.06. The molecule has 0 rings (SSSR count). The summed E-state index contributed by atoms with van der Waals surface area (Å²) in [5.74, 6) is 0. The van der Waals surface area contributed by atoms with Crippen LogP contribution in [-0.2, 0) is 18.6 Å². The first-order valence-corrected chi connectivity index (χ1v) is 2.56. The van der Waals surface area contributed by atoms with Crippen molar-refractivity contribution < 1.29 is 18.6 Å². The molecule has 0 aromatic heterocycles. The Labute approximate surface area is 58.6 Å². The molecule has 0 aliphatic heterocycles. The minimum absolute atomic E-state index is 0. The predicted octanol–water partition coefficient (Wildman–Crippen LogP) is 2.44. The van der Waals surface area contributed by atoms with Crippen molar-refractivity contribution in [2.75, 3.05) is 0 Å². The normalized spacial score (nSPS) is 10.3. The summed E-state index contributed by atoms with van der Waals surface area (Å²) in [4.78, 5) is 0. The van der Waals surface area contributed by atoms with Gasteiger partial charge in [0.1, 0.15) is 0 Å². The Bertz CT molecular complexity index is 33.9. The zero-order valence-corrected chi connectivity index (χ0v) is 7.05. The van der Waals surface area contributed by atoms with Crippen LogP contribution in [0.15, 0.2) is 0 Å². The Hall–Kier alpha value is 0.584. The van der Waals surface area contributed by atoms with Crippen LogP contribution in [0.3, 0.4) is 0 Å². The molecule has 0 aromatic rings. The first-order valence-electron chi connectivity index (χ1n) is 2.56. The summed E-state index contributed by atoms with van der Waals surface area (Å²) < 4.78 is 0. The summed E-state index contributed by atoms with van der Waals surface area (Å²) in [6.07, 6.45) is 1.27. The topological polar surface area (TPSA) is 0 Å². The smallest absolute Gasteiger partial charge is 0 e. The van der Waals surface area contributed by atoms with Gasteiger partial charge in [-0.25, -0.2) is 0 Å². The zero-order valence-electron chi connectivity index (χ0n) is 5.65. The van der Waals surface area contributed by atoms with E-state index in [-0.39, 0.29) is 18.6 Å². The molecule has 0 saturated heterocycles. The van der Waals surface area contributed by atoms with E-state index in [0.717, 1.165) is 0 Å². The Morgan fingerprint density at radius 3 is 1.29 bits per heavy atom. The molecule has 0 N–H and O–H groups in total. The summed E-state index contributed by atoms with van der Waals surface area (Å²) in [6, 6.07) is 0. The molecular weight excluding hydrogens is 123 g/mol. The Morgan fingerprint density at radius 1 is 1.14 bits per heavy atom. The van der Waals surface area contributed by atoms with Crippen molar-refractivity contribution in [1.82, 2.24) is 0 Å². The van der Waals surface area contributed by atoms with E-state index < -0.39 is 0 Å². The van der Waals surface area contributed by atoms with E-state index in [1.54, 1.807) is 0 Å². The van der Waals surface area contributed by atoms with Crippen LogP contribution in [0.1, 0.15) is 34.1 Å². The van der Waals surface area contributed by atoms with E-state index >= 15 is 0 Å². The molecule has 0 bridgehead atoms. The van der Waals surface area contributed by atoms with Crippen molar-refractivity contribution in [3.05, 3.63) is 0 Å². The average molecular weight is 137 g/mol. The second-order valence-electron chi connectivity index (χ2n) is 2.91. The molecule has 0 spiro atoms. The van der Waals surface area contributed by atoms with Crippen LogP contribution in [-0.4, -0.2) is 0 Å². The first-order chi connectivity index (χ1) is 2.56. The molecule has 7 heavy (non-hydrogen) atoms.